The lowest BCUT2D eigenvalue weighted by Gasteiger charge is -2.16. The Morgan fingerprint density at radius 2 is 1.81 bits per heavy atom. The highest BCUT2D eigenvalue weighted by Crippen LogP contribution is 2.29. The first-order chi connectivity index (χ1) is 12.7. The molecular weight excluding hydrogens is 376 g/mol. The summed E-state index contributed by atoms with van der Waals surface area (Å²) in [7, 11) is 0. The molecule has 1 atom stereocenters. The Bertz CT molecular complexity index is 816. The van der Waals surface area contributed by atoms with Crippen molar-refractivity contribution in [1.29, 1.82) is 0 Å². The van der Waals surface area contributed by atoms with Crippen molar-refractivity contribution >= 4 is 23.6 Å². The molecule has 0 saturated heterocycles. The predicted octanol–water partition coefficient (Wildman–Crippen LogP) is 3.12. The normalized spacial score (nSPS) is 17.3. The first-order valence-electron chi connectivity index (χ1n) is 7.37. The number of allylic oxidation sites excluding steroid dienone is 3. The third kappa shape index (κ3) is 5.40. The van der Waals surface area contributed by atoms with Crippen LogP contribution in [0.1, 0.15) is 12.5 Å². The van der Waals surface area contributed by atoms with Crippen molar-refractivity contribution in [1.82, 2.24) is 0 Å². The van der Waals surface area contributed by atoms with Crippen LogP contribution in [0, 0.1) is 5.92 Å². The monoisotopic (exact) mass is 388 g/mol. The van der Waals surface area contributed by atoms with Gasteiger partial charge in [0.25, 0.3) is 0 Å². The van der Waals surface area contributed by atoms with E-state index in [0.29, 0.717) is 0 Å². The minimum absolute atomic E-state index is 0.0419. The largest absolute Gasteiger partial charge is 0.435 e. The van der Waals surface area contributed by atoms with Crippen molar-refractivity contribution in [3.63, 3.8) is 0 Å². The molecule has 0 fully saturated rings. The fourth-order valence-electron chi connectivity index (χ4n) is 2.20. The van der Waals surface area contributed by atoms with E-state index < -0.39 is 48.2 Å². The van der Waals surface area contributed by atoms with Crippen LogP contribution in [0.4, 0.5) is 17.6 Å². The van der Waals surface area contributed by atoms with Gasteiger partial charge in [-0.1, -0.05) is 0 Å². The summed E-state index contributed by atoms with van der Waals surface area (Å²) in [5, 5.41) is 0. The molecule has 2 rings (SSSR count). The van der Waals surface area contributed by atoms with Crippen LogP contribution in [-0.2, 0) is 19.1 Å². The molecule has 1 aromatic carbocycles. The van der Waals surface area contributed by atoms with Gasteiger partial charge in [-0.25, -0.2) is 0 Å². The van der Waals surface area contributed by atoms with Crippen molar-refractivity contribution in [2.45, 2.75) is 20.1 Å². The average molecular weight is 388 g/mol. The highest BCUT2D eigenvalue weighted by Gasteiger charge is 2.36. The van der Waals surface area contributed by atoms with E-state index in [4.69, 9.17) is 4.74 Å². The second-order valence-electron chi connectivity index (χ2n) is 5.20. The molecule has 10 heteroatoms. The third-order valence-corrected chi connectivity index (χ3v) is 3.27. The van der Waals surface area contributed by atoms with Crippen LogP contribution in [0.25, 0.3) is 6.08 Å². The van der Waals surface area contributed by atoms with Crippen LogP contribution in [0.3, 0.4) is 0 Å². The lowest BCUT2D eigenvalue weighted by molar-refractivity contribution is -0.151. The minimum Gasteiger partial charge on any atom is -0.435 e. The number of cyclic esters (lactones) is 1. The van der Waals surface area contributed by atoms with Crippen molar-refractivity contribution in [3.05, 3.63) is 41.7 Å². The van der Waals surface area contributed by atoms with E-state index >= 15 is 0 Å². The standard InChI is InChI=1S/C17H12F4O6/c1-8-6-12(23)14(15(24)25-8)11(22)5-3-9-2-4-10(26-16(18)19)7-13(9)27-17(20)21/h2-7,14,16-17H,1H3/b5-3+. The summed E-state index contributed by atoms with van der Waals surface area (Å²) < 4.78 is 62.5. The molecule has 1 aliphatic rings. The number of carbonyl (C=O) groups excluding carboxylic acids is 3. The lowest BCUT2D eigenvalue weighted by atomic mass is 9.96. The van der Waals surface area contributed by atoms with E-state index in [1.807, 2.05) is 0 Å². The molecule has 0 radical (unpaired) electrons. The molecule has 0 amide bonds. The molecule has 1 aliphatic heterocycles. The zero-order chi connectivity index (χ0) is 20.1. The third-order valence-electron chi connectivity index (χ3n) is 3.27. The summed E-state index contributed by atoms with van der Waals surface area (Å²) in [6, 6.07) is 2.92. The van der Waals surface area contributed by atoms with Crippen molar-refractivity contribution in [3.8, 4) is 11.5 Å². The Morgan fingerprint density at radius 3 is 2.41 bits per heavy atom. The predicted molar refractivity (Wildman–Crippen MR) is 82.1 cm³/mol. The van der Waals surface area contributed by atoms with Gasteiger partial charge in [-0.3, -0.25) is 14.4 Å². The molecule has 6 nitrogen and oxygen atoms in total. The van der Waals surface area contributed by atoms with Gasteiger partial charge in [0.2, 0.25) is 0 Å². The molecule has 0 spiro atoms. The maximum absolute atomic E-state index is 12.5. The molecule has 144 valence electrons. The van der Waals surface area contributed by atoms with Gasteiger partial charge in [-0.05, 0) is 31.2 Å². The number of alkyl halides is 4. The Kier molecular flexibility index (Phi) is 6.32. The Labute approximate surface area is 150 Å². The van der Waals surface area contributed by atoms with Gasteiger partial charge in [0.15, 0.2) is 17.5 Å². The van der Waals surface area contributed by atoms with E-state index in [1.54, 1.807) is 0 Å². The highest BCUT2D eigenvalue weighted by atomic mass is 19.3. The van der Waals surface area contributed by atoms with Gasteiger partial charge < -0.3 is 14.2 Å². The maximum atomic E-state index is 12.5. The van der Waals surface area contributed by atoms with E-state index in [9.17, 15) is 31.9 Å². The van der Waals surface area contributed by atoms with Gasteiger partial charge in [0, 0.05) is 17.7 Å². The molecule has 0 saturated carbocycles. The number of ketones is 2. The van der Waals surface area contributed by atoms with E-state index in [2.05, 4.69) is 9.47 Å². The minimum atomic E-state index is -3.27. The van der Waals surface area contributed by atoms with Crippen LogP contribution in [-0.4, -0.2) is 30.8 Å². The van der Waals surface area contributed by atoms with E-state index in [1.165, 1.54) is 6.92 Å². The van der Waals surface area contributed by atoms with Gasteiger partial charge in [0.05, 0.1) is 0 Å². The number of ether oxygens (including phenoxy) is 3. The quantitative estimate of drug-likeness (QED) is 0.309. The average Bonchev–Trinajstić information content (AvgIpc) is 2.52. The number of esters is 1. The molecule has 0 aromatic heterocycles. The SMILES string of the molecule is CC1=CC(=O)C(C(=O)/C=C/c2ccc(OC(F)F)cc2OC(F)F)C(=O)O1. The number of halogens is 4. The van der Waals surface area contributed by atoms with Gasteiger partial charge in [-0.15, -0.1) is 0 Å². The number of carbonyl (C=O) groups is 3. The maximum Gasteiger partial charge on any atom is 0.387 e. The van der Waals surface area contributed by atoms with Crippen LogP contribution >= 0.6 is 0 Å². The highest BCUT2D eigenvalue weighted by molar-refractivity contribution is 6.25. The first kappa shape index (κ1) is 20.1. The summed E-state index contributed by atoms with van der Waals surface area (Å²) in [4.78, 5) is 35.6. The van der Waals surface area contributed by atoms with E-state index in [-0.39, 0.29) is 11.3 Å². The lowest BCUT2D eigenvalue weighted by Crippen LogP contribution is -2.34. The molecule has 1 unspecified atom stereocenters. The van der Waals surface area contributed by atoms with Crippen LogP contribution in [0.2, 0.25) is 0 Å². The summed E-state index contributed by atoms with van der Waals surface area (Å²) in [6.07, 6.45) is 2.79. The second-order valence-corrected chi connectivity index (χ2v) is 5.20. The van der Waals surface area contributed by atoms with E-state index in [0.717, 1.165) is 36.4 Å². The molecule has 1 aromatic rings. The molecule has 0 aliphatic carbocycles. The van der Waals surface area contributed by atoms with Crippen LogP contribution in [0.15, 0.2) is 36.1 Å². The second kappa shape index (κ2) is 8.47. The Hall–Kier alpha value is -3.17. The zero-order valence-electron chi connectivity index (χ0n) is 13.7. The molecule has 0 N–H and O–H groups in total. The summed E-state index contributed by atoms with van der Waals surface area (Å²) in [6.45, 7) is -5.08. The number of benzene rings is 1. The first-order valence-corrected chi connectivity index (χ1v) is 7.37. The van der Waals surface area contributed by atoms with Gasteiger partial charge in [0.1, 0.15) is 17.3 Å². The van der Waals surface area contributed by atoms with Crippen molar-refractivity contribution < 1.29 is 46.2 Å². The van der Waals surface area contributed by atoms with Crippen molar-refractivity contribution in [2.75, 3.05) is 0 Å². The number of hydrogen-bond acceptors (Lipinski definition) is 6. The van der Waals surface area contributed by atoms with Gasteiger partial charge in [-0.2, -0.15) is 17.6 Å². The van der Waals surface area contributed by atoms with Crippen LogP contribution in [0.5, 0.6) is 11.5 Å². The van der Waals surface area contributed by atoms with Gasteiger partial charge >= 0.3 is 19.2 Å². The Balaban J connectivity index is 2.25. The summed E-state index contributed by atoms with van der Waals surface area (Å²) in [5.41, 5.74) is -0.0892. The number of rotatable bonds is 7. The van der Waals surface area contributed by atoms with Crippen LogP contribution < -0.4 is 9.47 Å². The summed E-state index contributed by atoms with van der Waals surface area (Å²) in [5.74, 6) is -5.41. The topological polar surface area (TPSA) is 78.9 Å². The van der Waals surface area contributed by atoms with Crippen molar-refractivity contribution in [2.24, 2.45) is 5.92 Å². The fourth-order valence-corrected chi connectivity index (χ4v) is 2.20. The molecule has 1 heterocycles. The molecular formula is C17H12F4O6. The summed E-state index contributed by atoms with van der Waals surface area (Å²) >= 11 is 0. The fraction of sp³-hybridized carbons (Fsp3) is 0.235. The zero-order valence-corrected chi connectivity index (χ0v) is 13.7. The smallest absolute Gasteiger partial charge is 0.387 e. The Morgan fingerprint density at radius 1 is 1.15 bits per heavy atom. The molecule has 0 bridgehead atoms. The number of hydrogen-bond donors (Lipinski definition) is 0. The molecule has 27 heavy (non-hydrogen) atoms.